The van der Waals surface area contributed by atoms with Crippen LogP contribution in [0.25, 0.3) is 10.2 Å². The highest BCUT2D eigenvalue weighted by atomic mass is 32.1. The second-order valence-electron chi connectivity index (χ2n) is 7.48. The molecule has 4 rings (SSSR count). The number of carbonyl (C=O) groups is 2. The van der Waals surface area contributed by atoms with E-state index in [1.165, 1.54) is 16.2 Å². The SMILES string of the molecule is O=C(N[C@@H](Cc1ccccc1)[C@@H](O)C(=O)N1C[C@@H](O)[C@@H](O)C1)c1cc2ccsc2[nH]1. The second kappa shape index (κ2) is 8.57. The molecule has 8 nitrogen and oxygen atoms in total. The molecule has 0 unspecified atom stereocenters. The Balaban J connectivity index is 1.53. The molecule has 0 bridgehead atoms. The van der Waals surface area contributed by atoms with Gasteiger partial charge in [0.1, 0.15) is 10.5 Å². The molecule has 158 valence electrons. The molecule has 0 aliphatic carbocycles. The number of β-amino-alcohol motifs (C(OH)–C–C–N with tert-alkyl or cyclic N) is 2. The van der Waals surface area contributed by atoms with E-state index >= 15 is 0 Å². The van der Waals surface area contributed by atoms with Crippen molar-refractivity contribution in [3.05, 3.63) is 59.1 Å². The van der Waals surface area contributed by atoms with Gasteiger partial charge in [-0.25, -0.2) is 0 Å². The van der Waals surface area contributed by atoms with Crippen LogP contribution in [0.1, 0.15) is 16.1 Å². The van der Waals surface area contributed by atoms with Gasteiger partial charge >= 0.3 is 0 Å². The number of hydrogen-bond donors (Lipinski definition) is 5. The highest BCUT2D eigenvalue weighted by Gasteiger charge is 2.38. The molecule has 1 fully saturated rings. The van der Waals surface area contributed by atoms with Gasteiger partial charge in [0.05, 0.1) is 18.2 Å². The summed E-state index contributed by atoms with van der Waals surface area (Å²) < 4.78 is 0. The molecule has 30 heavy (non-hydrogen) atoms. The van der Waals surface area contributed by atoms with Crippen LogP contribution in [-0.4, -0.2) is 74.5 Å². The van der Waals surface area contributed by atoms with Crippen molar-refractivity contribution in [3.8, 4) is 0 Å². The average Bonchev–Trinajstić information content (AvgIpc) is 3.42. The van der Waals surface area contributed by atoms with Crippen LogP contribution in [0.5, 0.6) is 0 Å². The number of aliphatic hydroxyl groups is 3. The number of fused-ring (bicyclic) bond motifs is 1. The van der Waals surface area contributed by atoms with Gasteiger partial charge in [-0.05, 0) is 29.5 Å². The molecule has 9 heteroatoms. The number of aromatic nitrogens is 1. The molecule has 0 spiro atoms. The van der Waals surface area contributed by atoms with Crippen molar-refractivity contribution in [2.75, 3.05) is 13.1 Å². The first-order valence-corrected chi connectivity index (χ1v) is 10.5. The molecule has 2 amide bonds. The Morgan fingerprint density at radius 1 is 1.17 bits per heavy atom. The minimum absolute atomic E-state index is 0.0596. The summed E-state index contributed by atoms with van der Waals surface area (Å²) in [5.74, 6) is -1.06. The molecule has 3 heterocycles. The van der Waals surface area contributed by atoms with Gasteiger partial charge in [0, 0.05) is 18.5 Å². The molecule has 2 aromatic heterocycles. The van der Waals surface area contributed by atoms with Crippen LogP contribution in [0.2, 0.25) is 0 Å². The molecule has 1 saturated heterocycles. The molecule has 1 aromatic carbocycles. The van der Waals surface area contributed by atoms with Crippen molar-refractivity contribution in [1.82, 2.24) is 15.2 Å². The fourth-order valence-corrected chi connectivity index (χ4v) is 4.42. The zero-order valence-electron chi connectivity index (χ0n) is 16.1. The lowest BCUT2D eigenvalue weighted by atomic mass is 10.00. The van der Waals surface area contributed by atoms with Crippen LogP contribution in [0, 0.1) is 0 Å². The van der Waals surface area contributed by atoms with E-state index < -0.39 is 36.2 Å². The summed E-state index contributed by atoms with van der Waals surface area (Å²) in [6.07, 6.45) is -3.37. The molecule has 0 saturated carbocycles. The van der Waals surface area contributed by atoms with Gasteiger partial charge in [0.2, 0.25) is 0 Å². The van der Waals surface area contributed by atoms with Gasteiger partial charge in [0.15, 0.2) is 6.10 Å². The van der Waals surface area contributed by atoms with Gasteiger partial charge in [0.25, 0.3) is 11.8 Å². The summed E-state index contributed by atoms with van der Waals surface area (Å²) in [4.78, 5) is 30.7. The smallest absolute Gasteiger partial charge is 0.268 e. The fraction of sp³-hybridized carbons (Fsp3) is 0.333. The Labute approximate surface area is 176 Å². The number of rotatable bonds is 6. The van der Waals surface area contributed by atoms with Gasteiger partial charge in [-0.15, -0.1) is 11.3 Å². The van der Waals surface area contributed by atoms with Gasteiger partial charge in [-0.1, -0.05) is 30.3 Å². The highest BCUT2D eigenvalue weighted by molar-refractivity contribution is 7.16. The molecular formula is C21H23N3O5S. The summed E-state index contributed by atoms with van der Waals surface area (Å²) in [6.45, 7) is -0.119. The number of nitrogens with one attached hydrogen (secondary N) is 2. The van der Waals surface area contributed by atoms with E-state index in [-0.39, 0.29) is 19.5 Å². The third kappa shape index (κ3) is 4.24. The average molecular weight is 429 g/mol. The number of amides is 2. The Morgan fingerprint density at radius 2 is 1.87 bits per heavy atom. The Morgan fingerprint density at radius 3 is 2.53 bits per heavy atom. The molecule has 1 aliphatic heterocycles. The standard InChI is InChI=1S/C21H23N3O5S/c25-16-10-24(11-17(16)26)21(29)18(27)14(8-12-4-2-1-3-5-12)22-19(28)15-9-13-6-7-30-20(13)23-15/h1-7,9,14,16-18,23,25-27H,8,10-11H2,(H,22,28)/t14-,16-,17+,18+/m0/s1. The molecule has 3 aromatic rings. The van der Waals surface area contributed by atoms with Crippen LogP contribution >= 0.6 is 11.3 Å². The number of aliphatic hydroxyl groups excluding tert-OH is 3. The first kappa shape index (κ1) is 20.5. The number of aromatic amines is 1. The number of likely N-dealkylation sites (tertiary alicyclic amines) is 1. The predicted molar refractivity (Wildman–Crippen MR) is 112 cm³/mol. The number of carbonyl (C=O) groups excluding carboxylic acids is 2. The van der Waals surface area contributed by atoms with Crippen molar-refractivity contribution < 1.29 is 24.9 Å². The van der Waals surface area contributed by atoms with E-state index in [0.29, 0.717) is 5.69 Å². The Hall–Kier alpha value is -2.72. The fourth-order valence-electron chi connectivity index (χ4n) is 3.63. The van der Waals surface area contributed by atoms with Crippen LogP contribution in [0.4, 0.5) is 0 Å². The number of thiophene rings is 1. The molecule has 1 aliphatic rings. The van der Waals surface area contributed by atoms with Crippen molar-refractivity contribution in [1.29, 1.82) is 0 Å². The number of H-pyrrole nitrogens is 1. The molecule has 4 atom stereocenters. The van der Waals surface area contributed by atoms with Gasteiger partial charge < -0.3 is 30.5 Å². The molecule has 0 radical (unpaired) electrons. The normalized spacial score (nSPS) is 21.0. The van der Waals surface area contributed by atoms with E-state index in [1.54, 1.807) is 6.07 Å². The summed E-state index contributed by atoms with van der Waals surface area (Å²) >= 11 is 1.48. The van der Waals surface area contributed by atoms with Crippen LogP contribution in [0.15, 0.2) is 47.8 Å². The van der Waals surface area contributed by atoms with Crippen LogP contribution < -0.4 is 5.32 Å². The van der Waals surface area contributed by atoms with Crippen molar-refractivity contribution in [2.24, 2.45) is 0 Å². The van der Waals surface area contributed by atoms with Crippen LogP contribution in [-0.2, 0) is 11.2 Å². The number of nitrogens with zero attached hydrogens (tertiary/aromatic N) is 1. The third-order valence-electron chi connectivity index (χ3n) is 5.31. The lowest BCUT2D eigenvalue weighted by Gasteiger charge is -2.27. The predicted octanol–water partition coefficient (Wildman–Crippen LogP) is 0.495. The quantitative estimate of drug-likeness (QED) is 0.390. The lowest BCUT2D eigenvalue weighted by molar-refractivity contribution is -0.141. The minimum atomic E-state index is -1.53. The maximum absolute atomic E-state index is 12.8. The highest BCUT2D eigenvalue weighted by Crippen LogP contribution is 2.21. The number of benzene rings is 1. The van der Waals surface area contributed by atoms with E-state index in [9.17, 15) is 24.9 Å². The second-order valence-corrected chi connectivity index (χ2v) is 8.40. The lowest BCUT2D eigenvalue weighted by Crippen LogP contribution is -2.52. The largest absolute Gasteiger partial charge is 0.388 e. The molecular weight excluding hydrogens is 406 g/mol. The van der Waals surface area contributed by atoms with Gasteiger partial charge in [-0.2, -0.15) is 0 Å². The van der Waals surface area contributed by atoms with Gasteiger partial charge in [-0.3, -0.25) is 9.59 Å². The summed E-state index contributed by atoms with van der Waals surface area (Å²) in [7, 11) is 0. The van der Waals surface area contributed by atoms with E-state index in [1.807, 2.05) is 41.8 Å². The maximum atomic E-state index is 12.8. The zero-order valence-corrected chi connectivity index (χ0v) is 16.9. The molecule has 5 N–H and O–H groups in total. The van der Waals surface area contributed by atoms with E-state index in [0.717, 1.165) is 15.8 Å². The first-order valence-electron chi connectivity index (χ1n) is 9.66. The van der Waals surface area contributed by atoms with E-state index in [4.69, 9.17) is 0 Å². The number of hydrogen-bond acceptors (Lipinski definition) is 6. The first-order chi connectivity index (χ1) is 14.4. The van der Waals surface area contributed by atoms with E-state index in [2.05, 4.69) is 10.3 Å². The maximum Gasteiger partial charge on any atom is 0.268 e. The summed E-state index contributed by atoms with van der Waals surface area (Å²) in [5, 5.41) is 35.8. The zero-order chi connectivity index (χ0) is 21.3. The van der Waals surface area contributed by atoms with Crippen molar-refractivity contribution >= 4 is 33.4 Å². The van der Waals surface area contributed by atoms with Crippen molar-refractivity contribution in [3.63, 3.8) is 0 Å². The summed E-state index contributed by atoms with van der Waals surface area (Å²) in [6, 6.07) is 12.0. The third-order valence-corrected chi connectivity index (χ3v) is 6.15. The Kier molecular flexibility index (Phi) is 5.87. The monoisotopic (exact) mass is 429 g/mol. The van der Waals surface area contributed by atoms with Crippen LogP contribution in [0.3, 0.4) is 0 Å². The minimum Gasteiger partial charge on any atom is -0.388 e. The Bertz CT molecular complexity index is 995. The van der Waals surface area contributed by atoms with Crippen molar-refractivity contribution in [2.45, 2.75) is 30.8 Å². The topological polar surface area (TPSA) is 126 Å². The summed E-state index contributed by atoms with van der Waals surface area (Å²) in [5.41, 5.74) is 1.20.